The van der Waals surface area contributed by atoms with Crippen LogP contribution in [0.5, 0.6) is 11.6 Å². The van der Waals surface area contributed by atoms with Crippen LogP contribution < -0.4 is 10.5 Å². The third kappa shape index (κ3) is 5.56. The Kier molecular flexibility index (Phi) is 6.73. The van der Waals surface area contributed by atoms with Gasteiger partial charge in [0.25, 0.3) is 0 Å². The second-order valence-corrected chi connectivity index (χ2v) is 9.33. The fourth-order valence-corrected chi connectivity index (χ4v) is 4.69. The molecule has 7 nitrogen and oxygen atoms in total. The fraction of sp³-hybridized carbons (Fsp3) is 0.143. The van der Waals surface area contributed by atoms with Gasteiger partial charge in [-0.25, -0.2) is 4.79 Å². The van der Waals surface area contributed by atoms with Crippen LogP contribution >= 0.6 is 11.6 Å². The minimum absolute atomic E-state index is 0.0736. The number of hydrogen-bond acceptors (Lipinski definition) is 5. The average molecular weight is 557 g/mol. The van der Waals surface area contributed by atoms with E-state index in [9.17, 15) is 27.9 Å². The van der Waals surface area contributed by atoms with E-state index in [0.717, 1.165) is 11.1 Å². The van der Waals surface area contributed by atoms with Gasteiger partial charge in [-0.05, 0) is 54.4 Å². The summed E-state index contributed by atoms with van der Waals surface area (Å²) in [6, 6.07) is 17.4. The molecule has 0 spiro atoms. The third-order valence-corrected chi connectivity index (χ3v) is 6.51. The second kappa shape index (κ2) is 10.0. The Hall–Kier alpha value is -4.44. The summed E-state index contributed by atoms with van der Waals surface area (Å²) in [5, 5.41) is 10.8. The van der Waals surface area contributed by atoms with E-state index in [-0.39, 0.29) is 30.4 Å². The number of aromatic nitrogens is 2. The highest BCUT2D eigenvalue weighted by Gasteiger charge is 2.32. The monoisotopic (exact) mass is 556 g/mol. The summed E-state index contributed by atoms with van der Waals surface area (Å²) in [6.45, 7) is 1.94. The number of alkyl halides is 3. The molecular weight excluding hydrogens is 537 g/mol. The van der Waals surface area contributed by atoms with Crippen LogP contribution in [-0.2, 0) is 13.0 Å². The number of benzene rings is 3. The highest BCUT2D eigenvalue weighted by molar-refractivity contribution is 6.30. The molecule has 5 rings (SSSR count). The number of nitrogens with one attached hydrogen (secondary N) is 1. The second-order valence-electron chi connectivity index (χ2n) is 8.89. The molecule has 11 heteroatoms. The van der Waals surface area contributed by atoms with Crippen molar-refractivity contribution in [3.05, 3.63) is 116 Å². The Balaban J connectivity index is 1.58. The smallest absolute Gasteiger partial charge is 0.492 e. The number of hydrogen-bond donors (Lipinski definition) is 2. The highest BCUT2D eigenvalue weighted by Crippen LogP contribution is 2.34. The highest BCUT2D eigenvalue weighted by atomic mass is 35.5. The maximum absolute atomic E-state index is 13.5. The Labute approximate surface area is 224 Å². The third-order valence-electron chi connectivity index (χ3n) is 6.26. The fourth-order valence-electron chi connectivity index (χ4n) is 4.57. The van der Waals surface area contributed by atoms with Crippen LogP contribution in [0.25, 0.3) is 10.9 Å². The Morgan fingerprint density at radius 1 is 1.08 bits per heavy atom. The normalized spacial score (nSPS) is 11.7. The lowest BCUT2D eigenvalue weighted by Crippen LogP contribution is -2.17. The molecule has 0 aliphatic heterocycles. The van der Waals surface area contributed by atoms with Crippen LogP contribution in [0, 0.1) is 6.92 Å². The Bertz CT molecular complexity index is 1750. The number of ketones is 1. The molecule has 0 atom stereocenters. The van der Waals surface area contributed by atoms with Crippen LogP contribution in [0.3, 0.4) is 0 Å². The van der Waals surface area contributed by atoms with Crippen molar-refractivity contribution in [3.63, 3.8) is 0 Å². The van der Waals surface area contributed by atoms with Gasteiger partial charge < -0.3 is 18.8 Å². The molecular formula is C28H20ClF3N2O5. The van der Waals surface area contributed by atoms with E-state index >= 15 is 0 Å². The molecule has 2 heterocycles. The molecule has 5 aromatic rings. The van der Waals surface area contributed by atoms with Crippen molar-refractivity contribution >= 4 is 28.3 Å². The molecule has 0 unspecified atom stereocenters. The van der Waals surface area contributed by atoms with Crippen molar-refractivity contribution in [2.45, 2.75) is 26.3 Å². The molecule has 2 N–H and O–H groups in total. The summed E-state index contributed by atoms with van der Waals surface area (Å²) < 4.78 is 49.8. The largest absolute Gasteiger partial charge is 0.573 e. The number of carbonyl (C=O) groups excluding carboxylic acids is 1. The van der Waals surface area contributed by atoms with Gasteiger partial charge >= 0.3 is 12.1 Å². The molecule has 0 radical (unpaired) electrons. The molecule has 0 saturated heterocycles. The zero-order valence-electron chi connectivity index (χ0n) is 20.3. The minimum Gasteiger partial charge on any atom is -0.492 e. The molecule has 3 aromatic carbocycles. The quantitative estimate of drug-likeness (QED) is 0.227. The van der Waals surface area contributed by atoms with Gasteiger partial charge in [-0.15, -0.1) is 13.2 Å². The zero-order valence-corrected chi connectivity index (χ0v) is 21.1. The van der Waals surface area contributed by atoms with E-state index in [4.69, 9.17) is 16.0 Å². The molecule has 0 aliphatic rings. The first kappa shape index (κ1) is 26.2. The number of ether oxygens (including phenoxy) is 1. The Morgan fingerprint density at radius 2 is 1.79 bits per heavy atom. The van der Waals surface area contributed by atoms with Crippen molar-refractivity contribution in [2.75, 3.05) is 0 Å². The molecule has 39 heavy (non-hydrogen) atoms. The van der Waals surface area contributed by atoms with E-state index in [1.165, 1.54) is 18.2 Å². The van der Waals surface area contributed by atoms with Gasteiger partial charge in [-0.1, -0.05) is 35.9 Å². The summed E-state index contributed by atoms with van der Waals surface area (Å²) in [5.74, 6) is -1.78. The van der Waals surface area contributed by atoms with Crippen molar-refractivity contribution in [1.29, 1.82) is 0 Å². The molecule has 2 aromatic heterocycles. The summed E-state index contributed by atoms with van der Waals surface area (Å²) >= 11 is 5.97. The first-order valence-corrected chi connectivity index (χ1v) is 12.0. The number of H-pyrrole nitrogens is 1. The van der Waals surface area contributed by atoms with Gasteiger partial charge in [-0.3, -0.25) is 9.78 Å². The molecule has 0 fully saturated rings. The van der Waals surface area contributed by atoms with Gasteiger partial charge in [0.1, 0.15) is 5.75 Å². The zero-order chi connectivity index (χ0) is 27.9. The molecule has 0 aliphatic carbocycles. The predicted octanol–water partition coefficient (Wildman–Crippen LogP) is 6.36. The number of rotatable bonds is 7. The van der Waals surface area contributed by atoms with E-state index in [2.05, 4.69) is 9.72 Å². The lowest BCUT2D eigenvalue weighted by molar-refractivity contribution is -0.274. The van der Waals surface area contributed by atoms with Gasteiger partial charge in [-0.2, -0.15) is 0 Å². The molecule has 0 saturated carbocycles. The maximum atomic E-state index is 13.5. The summed E-state index contributed by atoms with van der Waals surface area (Å²) in [4.78, 5) is 27.1. The average Bonchev–Trinajstić information content (AvgIpc) is 3.32. The number of nitrogens with zero attached hydrogens (tertiary/aromatic N) is 1. The van der Waals surface area contributed by atoms with E-state index in [1.807, 2.05) is 12.1 Å². The number of fused-ring (bicyclic) bond motifs is 1. The van der Waals surface area contributed by atoms with Crippen molar-refractivity contribution in [3.8, 4) is 11.6 Å². The summed E-state index contributed by atoms with van der Waals surface area (Å²) in [7, 11) is 0. The van der Waals surface area contributed by atoms with E-state index < -0.39 is 17.9 Å². The maximum Gasteiger partial charge on any atom is 0.573 e. The first-order valence-electron chi connectivity index (χ1n) is 11.7. The van der Waals surface area contributed by atoms with Crippen LogP contribution in [0.15, 0.2) is 75.9 Å². The molecule has 0 amide bonds. The van der Waals surface area contributed by atoms with Crippen LogP contribution in [0.1, 0.15) is 38.5 Å². The minimum atomic E-state index is -4.88. The standard InChI is InChI=1S/C28H20ClF3N2O5/c1-15-24(25(35)18-5-7-19(29)8-6-18)21-10-9-20(39-28(30,31)32)13-22(21)34(15)14-17-4-2-3-16(11-17)12-23-26(36)33-27(37)38-23/h2-11,13,36H,12,14H2,1H3,(H,33,37). The number of carbonyl (C=O) groups is 1. The van der Waals surface area contributed by atoms with E-state index in [1.54, 1.807) is 47.9 Å². The number of aromatic hydroxyl groups is 1. The van der Waals surface area contributed by atoms with Gasteiger partial charge in [0, 0.05) is 40.7 Å². The van der Waals surface area contributed by atoms with Gasteiger partial charge in [0.15, 0.2) is 11.5 Å². The first-order chi connectivity index (χ1) is 18.5. The number of aromatic amines is 1. The van der Waals surface area contributed by atoms with Gasteiger partial charge in [0.2, 0.25) is 5.88 Å². The number of halogens is 4. The lowest BCUT2D eigenvalue weighted by atomic mass is 10.0. The van der Waals surface area contributed by atoms with Crippen molar-refractivity contribution < 1.29 is 32.2 Å². The predicted molar refractivity (Wildman–Crippen MR) is 138 cm³/mol. The van der Waals surface area contributed by atoms with Crippen LogP contribution in [-0.4, -0.2) is 26.8 Å². The molecule has 0 bridgehead atoms. The molecule has 200 valence electrons. The van der Waals surface area contributed by atoms with Crippen molar-refractivity contribution in [2.24, 2.45) is 0 Å². The van der Waals surface area contributed by atoms with Gasteiger partial charge in [0.05, 0.1) is 11.1 Å². The van der Waals surface area contributed by atoms with Crippen LogP contribution in [0.4, 0.5) is 13.2 Å². The van der Waals surface area contributed by atoms with E-state index in [0.29, 0.717) is 32.7 Å². The number of oxazole rings is 1. The topological polar surface area (TPSA) is 97.5 Å². The Morgan fingerprint density at radius 3 is 2.46 bits per heavy atom. The summed E-state index contributed by atoms with van der Waals surface area (Å²) in [6.07, 6.45) is -4.75. The SMILES string of the molecule is Cc1c(C(=O)c2ccc(Cl)cc2)c2ccc(OC(F)(F)F)cc2n1Cc1cccc(Cc2oc(=O)[nH]c2O)c1. The summed E-state index contributed by atoms with van der Waals surface area (Å²) in [5.41, 5.74) is 3.14. The van der Waals surface area contributed by atoms with Crippen molar-refractivity contribution in [1.82, 2.24) is 9.55 Å². The lowest BCUT2D eigenvalue weighted by Gasteiger charge is -2.12. The van der Waals surface area contributed by atoms with Crippen LogP contribution in [0.2, 0.25) is 5.02 Å².